The smallest absolute Gasteiger partial charge is 0.128 e. The third-order valence-corrected chi connectivity index (χ3v) is 8.47. The summed E-state index contributed by atoms with van der Waals surface area (Å²) in [7, 11) is 0. The molecule has 0 unspecified atom stereocenters. The van der Waals surface area contributed by atoms with Gasteiger partial charge in [0, 0.05) is 0 Å². The largest absolute Gasteiger partial charge is 0.132 e. The SMILES string of the molecule is CSC1(/C(C)=C/c2ccccc2)SCCCS1. The first-order chi connectivity index (χ1) is 8.27. The van der Waals surface area contributed by atoms with Gasteiger partial charge in [-0.1, -0.05) is 36.4 Å². The van der Waals surface area contributed by atoms with Gasteiger partial charge in [0.2, 0.25) is 0 Å². The fourth-order valence-electron chi connectivity index (χ4n) is 1.91. The number of hydrogen-bond donors (Lipinski definition) is 0. The second kappa shape index (κ2) is 6.26. The third-order valence-electron chi connectivity index (χ3n) is 2.81. The minimum absolute atomic E-state index is 0.244. The maximum absolute atomic E-state index is 2.34. The molecule has 1 aliphatic heterocycles. The Balaban J connectivity index is 2.22. The van der Waals surface area contributed by atoms with Crippen molar-refractivity contribution in [3.8, 4) is 0 Å². The highest BCUT2D eigenvalue weighted by atomic mass is 32.3. The summed E-state index contributed by atoms with van der Waals surface area (Å²) in [6.07, 6.45) is 5.91. The molecule has 1 aromatic carbocycles. The Kier molecular flexibility index (Phi) is 4.95. The first-order valence-corrected chi connectivity index (χ1v) is 9.03. The van der Waals surface area contributed by atoms with Gasteiger partial charge in [0.05, 0.1) is 0 Å². The Morgan fingerprint density at radius 2 is 1.88 bits per heavy atom. The summed E-state index contributed by atoms with van der Waals surface area (Å²) in [6, 6.07) is 10.6. The van der Waals surface area contributed by atoms with E-state index in [-0.39, 0.29) is 3.41 Å². The molecule has 0 bridgehead atoms. The van der Waals surface area contributed by atoms with Crippen molar-refractivity contribution >= 4 is 41.4 Å². The minimum Gasteiger partial charge on any atom is -0.132 e. The topological polar surface area (TPSA) is 0 Å². The molecule has 0 aliphatic carbocycles. The second-order valence-electron chi connectivity index (χ2n) is 4.05. The van der Waals surface area contributed by atoms with E-state index < -0.39 is 0 Å². The van der Waals surface area contributed by atoms with Crippen molar-refractivity contribution in [2.24, 2.45) is 0 Å². The molecule has 0 radical (unpaired) electrons. The van der Waals surface area contributed by atoms with Gasteiger partial charge in [0.25, 0.3) is 0 Å². The molecule has 92 valence electrons. The highest BCUT2D eigenvalue weighted by molar-refractivity contribution is 8.34. The molecule has 17 heavy (non-hydrogen) atoms. The molecule has 0 amide bonds. The molecule has 0 N–H and O–H groups in total. The molecule has 0 atom stereocenters. The molecule has 1 aliphatic rings. The van der Waals surface area contributed by atoms with E-state index in [0.717, 1.165) is 0 Å². The molecule has 0 spiro atoms. The minimum atomic E-state index is 0.244. The lowest BCUT2D eigenvalue weighted by Gasteiger charge is -2.35. The van der Waals surface area contributed by atoms with Gasteiger partial charge in [0.15, 0.2) is 0 Å². The van der Waals surface area contributed by atoms with Crippen LogP contribution in [0.3, 0.4) is 0 Å². The van der Waals surface area contributed by atoms with Crippen LogP contribution in [-0.2, 0) is 0 Å². The molecule has 2 rings (SSSR count). The highest BCUT2D eigenvalue weighted by Gasteiger charge is 2.34. The van der Waals surface area contributed by atoms with Crippen LogP contribution in [0.1, 0.15) is 18.9 Å². The van der Waals surface area contributed by atoms with Gasteiger partial charge in [-0.25, -0.2) is 0 Å². The maximum atomic E-state index is 2.34. The van der Waals surface area contributed by atoms with Gasteiger partial charge < -0.3 is 0 Å². The fraction of sp³-hybridized carbons (Fsp3) is 0.429. The molecule has 1 fully saturated rings. The van der Waals surface area contributed by atoms with E-state index in [1.807, 2.05) is 11.8 Å². The second-order valence-corrected chi connectivity index (χ2v) is 8.46. The molecule has 1 heterocycles. The molecule has 0 aromatic heterocycles. The summed E-state index contributed by atoms with van der Waals surface area (Å²) in [5.41, 5.74) is 2.79. The monoisotopic (exact) mass is 282 g/mol. The normalized spacial score (nSPS) is 20.2. The number of hydrogen-bond acceptors (Lipinski definition) is 3. The van der Waals surface area contributed by atoms with Crippen LogP contribution in [0.4, 0.5) is 0 Å². The number of rotatable bonds is 3. The predicted octanol–water partition coefficient (Wildman–Crippen LogP) is 4.98. The molecule has 0 nitrogen and oxygen atoms in total. The standard InChI is InChI=1S/C14H18S3/c1-12(11-13-7-4-3-5-8-13)14(15-2)16-9-6-10-17-14/h3-5,7-8,11H,6,9-10H2,1-2H3/b12-11+. The van der Waals surface area contributed by atoms with Crippen molar-refractivity contribution in [2.75, 3.05) is 17.8 Å². The third kappa shape index (κ3) is 3.27. The first kappa shape index (κ1) is 13.4. The van der Waals surface area contributed by atoms with Crippen LogP contribution in [0, 0.1) is 0 Å². The van der Waals surface area contributed by atoms with Gasteiger partial charge in [-0.15, -0.1) is 35.3 Å². The van der Waals surface area contributed by atoms with Gasteiger partial charge in [0.1, 0.15) is 3.41 Å². The van der Waals surface area contributed by atoms with Gasteiger partial charge in [-0.2, -0.15) is 0 Å². The van der Waals surface area contributed by atoms with Crippen molar-refractivity contribution in [2.45, 2.75) is 16.8 Å². The average molecular weight is 282 g/mol. The zero-order valence-electron chi connectivity index (χ0n) is 10.3. The summed E-state index contributed by atoms with van der Waals surface area (Å²) in [6.45, 7) is 2.27. The molecule has 1 aromatic rings. The summed E-state index contributed by atoms with van der Waals surface area (Å²) in [4.78, 5) is 0. The van der Waals surface area contributed by atoms with Gasteiger partial charge >= 0.3 is 0 Å². The van der Waals surface area contributed by atoms with Crippen LogP contribution in [0.2, 0.25) is 0 Å². The van der Waals surface area contributed by atoms with Crippen molar-refractivity contribution in [1.29, 1.82) is 0 Å². The van der Waals surface area contributed by atoms with Crippen LogP contribution in [0.5, 0.6) is 0 Å². The predicted molar refractivity (Wildman–Crippen MR) is 85.9 cm³/mol. The lowest BCUT2D eigenvalue weighted by Crippen LogP contribution is -2.22. The van der Waals surface area contributed by atoms with E-state index in [0.29, 0.717) is 0 Å². The summed E-state index contributed by atoms with van der Waals surface area (Å²) < 4.78 is 0.244. The fourth-order valence-corrected chi connectivity index (χ4v) is 6.44. The van der Waals surface area contributed by atoms with Crippen LogP contribution in [0.15, 0.2) is 35.9 Å². The summed E-state index contributed by atoms with van der Waals surface area (Å²) in [5, 5.41) is 0. The Labute approximate surface area is 117 Å². The lowest BCUT2D eigenvalue weighted by molar-refractivity contribution is 1.09. The van der Waals surface area contributed by atoms with Crippen molar-refractivity contribution in [1.82, 2.24) is 0 Å². The lowest BCUT2D eigenvalue weighted by atomic mass is 10.1. The Hall–Kier alpha value is 0.01000. The van der Waals surface area contributed by atoms with E-state index in [1.165, 1.54) is 29.1 Å². The zero-order chi connectivity index (χ0) is 12.1. The maximum Gasteiger partial charge on any atom is 0.128 e. The van der Waals surface area contributed by atoms with Gasteiger partial charge in [-0.3, -0.25) is 0 Å². The summed E-state index contributed by atoms with van der Waals surface area (Å²) >= 11 is 6.17. The van der Waals surface area contributed by atoms with E-state index in [2.05, 4.69) is 73.1 Å². The van der Waals surface area contributed by atoms with E-state index in [1.54, 1.807) is 0 Å². The average Bonchev–Trinajstić information content (AvgIpc) is 2.40. The summed E-state index contributed by atoms with van der Waals surface area (Å²) in [5.74, 6) is 2.57. The van der Waals surface area contributed by atoms with Crippen LogP contribution >= 0.6 is 35.3 Å². The Morgan fingerprint density at radius 3 is 2.47 bits per heavy atom. The molecular weight excluding hydrogens is 264 g/mol. The Morgan fingerprint density at radius 1 is 1.24 bits per heavy atom. The van der Waals surface area contributed by atoms with E-state index in [9.17, 15) is 0 Å². The van der Waals surface area contributed by atoms with Crippen LogP contribution < -0.4 is 0 Å². The Bertz CT molecular complexity index is 378. The quantitative estimate of drug-likeness (QED) is 0.767. The van der Waals surface area contributed by atoms with Crippen LogP contribution in [0.25, 0.3) is 6.08 Å². The van der Waals surface area contributed by atoms with Gasteiger partial charge in [-0.05, 0) is 42.2 Å². The van der Waals surface area contributed by atoms with Crippen molar-refractivity contribution < 1.29 is 0 Å². The van der Waals surface area contributed by atoms with Crippen molar-refractivity contribution in [3.05, 3.63) is 41.5 Å². The molecule has 3 heteroatoms. The van der Waals surface area contributed by atoms with Crippen molar-refractivity contribution in [3.63, 3.8) is 0 Å². The first-order valence-electron chi connectivity index (χ1n) is 5.84. The highest BCUT2D eigenvalue weighted by Crippen LogP contribution is 2.54. The number of thioether (sulfide) groups is 3. The molecular formula is C14H18S3. The van der Waals surface area contributed by atoms with E-state index >= 15 is 0 Å². The zero-order valence-corrected chi connectivity index (χ0v) is 12.8. The van der Waals surface area contributed by atoms with Crippen LogP contribution in [-0.4, -0.2) is 21.2 Å². The van der Waals surface area contributed by atoms with E-state index in [4.69, 9.17) is 0 Å². The number of benzene rings is 1. The molecule has 1 saturated heterocycles. The molecule has 0 saturated carbocycles.